The predicted octanol–water partition coefficient (Wildman–Crippen LogP) is 3.19. The molecule has 2 aliphatic heterocycles. The number of fused-ring (bicyclic) bond motifs is 1. The summed E-state index contributed by atoms with van der Waals surface area (Å²) < 4.78 is 56.7. The second kappa shape index (κ2) is 6.71. The molecule has 3 unspecified atom stereocenters. The molecule has 1 aromatic carbocycles. The lowest BCUT2D eigenvalue weighted by molar-refractivity contribution is -0.220. The van der Waals surface area contributed by atoms with Gasteiger partial charge in [-0.1, -0.05) is 6.92 Å². The molecule has 2 heterocycles. The van der Waals surface area contributed by atoms with E-state index in [4.69, 9.17) is 23.7 Å². The van der Waals surface area contributed by atoms with Crippen LogP contribution >= 0.6 is 0 Å². The van der Waals surface area contributed by atoms with Crippen molar-refractivity contribution in [3.05, 3.63) is 29.3 Å². The number of ether oxygens (including phenoxy) is 5. The first kappa shape index (κ1) is 18.1. The van der Waals surface area contributed by atoms with Crippen LogP contribution in [0.4, 0.5) is 8.78 Å². The third-order valence-corrected chi connectivity index (χ3v) is 6.03. The molecule has 0 amide bonds. The Bertz CT molecular complexity index is 676. The molecule has 3 fully saturated rings. The van der Waals surface area contributed by atoms with Crippen molar-refractivity contribution in [3.63, 3.8) is 0 Å². The minimum Gasteiger partial charge on any atom is -0.494 e. The second-order valence-electron chi connectivity index (χ2n) is 7.37. The van der Waals surface area contributed by atoms with Gasteiger partial charge in [-0.2, -0.15) is 0 Å². The molecule has 1 aliphatic carbocycles. The van der Waals surface area contributed by atoms with Gasteiger partial charge in [-0.3, -0.25) is 0 Å². The van der Waals surface area contributed by atoms with E-state index in [0.29, 0.717) is 44.5 Å². The Kier molecular flexibility index (Phi) is 4.67. The van der Waals surface area contributed by atoms with Crippen LogP contribution in [0.5, 0.6) is 5.75 Å². The summed E-state index contributed by atoms with van der Waals surface area (Å²) in [6, 6.07) is 2.30. The van der Waals surface area contributed by atoms with Crippen LogP contribution in [-0.4, -0.2) is 44.6 Å². The van der Waals surface area contributed by atoms with E-state index in [9.17, 15) is 8.78 Å². The van der Waals surface area contributed by atoms with E-state index in [1.165, 1.54) is 13.2 Å². The lowest BCUT2D eigenvalue weighted by Crippen LogP contribution is -2.55. The van der Waals surface area contributed by atoms with Crippen LogP contribution in [0.2, 0.25) is 0 Å². The zero-order chi connectivity index (χ0) is 18.4. The maximum absolute atomic E-state index is 14.4. The lowest BCUT2D eigenvalue weighted by Gasteiger charge is -2.46. The summed E-state index contributed by atoms with van der Waals surface area (Å²) in [7, 11) is 1.32. The molecule has 0 bridgehead atoms. The van der Waals surface area contributed by atoms with E-state index < -0.39 is 23.0 Å². The second-order valence-corrected chi connectivity index (χ2v) is 7.37. The smallest absolute Gasteiger partial charge is 0.171 e. The highest BCUT2D eigenvalue weighted by Gasteiger charge is 2.58. The molecule has 1 spiro atoms. The average Bonchev–Trinajstić information content (AvgIpc) is 3.25. The van der Waals surface area contributed by atoms with Crippen molar-refractivity contribution in [2.45, 2.75) is 50.1 Å². The van der Waals surface area contributed by atoms with Gasteiger partial charge in [0, 0.05) is 18.9 Å². The highest BCUT2D eigenvalue weighted by atomic mass is 19.1. The number of benzene rings is 1. The summed E-state index contributed by atoms with van der Waals surface area (Å²) in [6.45, 7) is 3.38. The summed E-state index contributed by atoms with van der Waals surface area (Å²) in [6.07, 6.45) is 2.16. The molecule has 2 saturated heterocycles. The minimum atomic E-state index is -0.584. The molecule has 26 heavy (non-hydrogen) atoms. The highest BCUT2D eigenvalue weighted by Crippen LogP contribution is 2.50. The third kappa shape index (κ3) is 2.91. The van der Waals surface area contributed by atoms with Gasteiger partial charge in [0.1, 0.15) is 18.2 Å². The summed E-state index contributed by atoms with van der Waals surface area (Å²) >= 11 is 0. The molecule has 3 atom stereocenters. The van der Waals surface area contributed by atoms with Crippen molar-refractivity contribution in [1.82, 2.24) is 0 Å². The van der Waals surface area contributed by atoms with Gasteiger partial charge in [0.05, 0.1) is 26.4 Å². The summed E-state index contributed by atoms with van der Waals surface area (Å²) in [5, 5.41) is 0. The number of hydrogen-bond acceptors (Lipinski definition) is 5. The van der Waals surface area contributed by atoms with E-state index in [-0.39, 0.29) is 24.6 Å². The maximum atomic E-state index is 14.4. The fourth-order valence-electron chi connectivity index (χ4n) is 4.55. The average molecular weight is 370 g/mol. The van der Waals surface area contributed by atoms with Gasteiger partial charge in [-0.05, 0) is 30.4 Å². The Hall–Kier alpha value is -1.28. The van der Waals surface area contributed by atoms with E-state index in [0.717, 1.165) is 6.07 Å². The number of halogens is 2. The first-order valence-electron chi connectivity index (χ1n) is 9.03. The van der Waals surface area contributed by atoms with Gasteiger partial charge in [0.15, 0.2) is 17.4 Å². The topological polar surface area (TPSA) is 46.2 Å². The van der Waals surface area contributed by atoms with E-state index in [1.807, 2.05) is 6.92 Å². The Labute approximate surface area is 151 Å². The van der Waals surface area contributed by atoms with Crippen molar-refractivity contribution >= 4 is 0 Å². The molecular formula is C19H24F2O5. The molecule has 0 N–H and O–H groups in total. The number of hydrogen-bond donors (Lipinski definition) is 0. The van der Waals surface area contributed by atoms with Gasteiger partial charge in [-0.25, -0.2) is 8.78 Å². The normalized spacial score (nSPS) is 31.2. The van der Waals surface area contributed by atoms with E-state index in [2.05, 4.69) is 0 Å². The fraction of sp³-hybridized carbons (Fsp3) is 0.684. The summed E-state index contributed by atoms with van der Waals surface area (Å²) in [5.74, 6) is -1.78. The third-order valence-electron chi connectivity index (χ3n) is 6.03. The van der Waals surface area contributed by atoms with Crippen LogP contribution in [0.15, 0.2) is 12.1 Å². The molecule has 3 aliphatic rings. The quantitative estimate of drug-likeness (QED) is 0.815. The van der Waals surface area contributed by atoms with Crippen molar-refractivity contribution in [1.29, 1.82) is 0 Å². The SMILES string of the molecule is COc1cc(F)c(CC(C)C23CCC4(CC2OCO3)OCCO4)cc1F. The van der Waals surface area contributed by atoms with Crippen LogP contribution < -0.4 is 4.74 Å². The molecule has 1 saturated carbocycles. The Balaban J connectivity index is 1.54. The van der Waals surface area contributed by atoms with Crippen LogP contribution in [0.25, 0.3) is 0 Å². The first-order valence-corrected chi connectivity index (χ1v) is 9.03. The van der Waals surface area contributed by atoms with Crippen LogP contribution in [-0.2, 0) is 25.4 Å². The van der Waals surface area contributed by atoms with Crippen molar-refractivity contribution in [2.75, 3.05) is 27.1 Å². The first-order chi connectivity index (χ1) is 12.5. The van der Waals surface area contributed by atoms with Crippen molar-refractivity contribution in [2.24, 2.45) is 5.92 Å². The Morgan fingerprint density at radius 2 is 1.92 bits per heavy atom. The van der Waals surface area contributed by atoms with Crippen LogP contribution in [0, 0.1) is 17.6 Å². The van der Waals surface area contributed by atoms with Gasteiger partial charge in [-0.15, -0.1) is 0 Å². The predicted molar refractivity (Wildman–Crippen MR) is 87.8 cm³/mol. The van der Waals surface area contributed by atoms with Gasteiger partial charge >= 0.3 is 0 Å². The molecule has 0 aromatic heterocycles. The lowest BCUT2D eigenvalue weighted by atomic mass is 9.70. The Morgan fingerprint density at radius 3 is 2.65 bits per heavy atom. The highest BCUT2D eigenvalue weighted by molar-refractivity contribution is 5.31. The van der Waals surface area contributed by atoms with E-state index in [1.54, 1.807) is 0 Å². The zero-order valence-electron chi connectivity index (χ0n) is 15.1. The number of rotatable bonds is 4. The van der Waals surface area contributed by atoms with Crippen molar-refractivity contribution < 1.29 is 32.5 Å². The van der Waals surface area contributed by atoms with E-state index >= 15 is 0 Å². The molecule has 4 rings (SSSR count). The van der Waals surface area contributed by atoms with Crippen LogP contribution in [0.1, 0.15) is 31.7 Å². The maximum Gasteiger partial charge on any atom is 0.171 e. The fourth-order valence-corrected chi connectivity index (χ4v) is 4.55. The van der Waals surface area contributed by atoms with Gasteiger partial charge in [0.25, 0.3) is 0 Å². The van der Waals surface area contributed by atoms with Crippen molar-refractivity contribution in [3.8, 4) is 5.75 Å². The van der Waals surface area contributed by atoms with Gasteiger partial charge in [0.2, 0.25) is 0 Å². The summed E-state index contributed by atoms with van der Waals surface area (Å²) in [5.41, 5.74) is -0.225. The molecule has 5 nitrogen and oxygen atoms in total. The zero-order valence-corrected chi connectivity index (χ0v) is 15.1. The molecule has 1 aromatic rings. The van der Waals surface area contributed by atoms with Crippen LogP contribution in [0.3, 0.4) is 0 Å². The molecule has 0 radical (unpaired) electrons. The Morgan fingerprint density at radius 1 is 1.15 bits per heavy atom. The monoisotopic (exact) mass is 370 g/mol. The molecule has 7 heteroatoms. The summed E-state index contributed by atoms with van der Waals surface area (Å²) in [4.78, 5) is 0. The minimum absolute atomic E-state index is 0.0592. The largest absolute Gasteiger partial charge is 0.494 e. The number of methoxy groups -OCH3 is 1. The van der Waals surface area contributed by atoms with Gasteiger partial charge < -0.3 is 23.7 Å². The molecular weight excluding hydrogens is 346 g/mol. The standard InChI is InChI=1S/C19H24F2O5/c1-12(7-13-8-15(21)16(22-2)9-14(13)20)19-4-3-18(24-5-6-25-18)10-17(19)23-11-26-19/h8-9,12,17H,3-7,10-11H2,1-2H3. The molecule has 144 valence electrons.